The summed E-state index contributed by atoms with van der Waals surface area (Å²) >= 11 is 1.24. The molecule has 2 N–H and O–H groups in total. The molecule has 1 amide bonds. The zero-order valence-electron chi connectivity index (χ0n) is 8.94. The van der Waals surface area contributed by atoms with Crippen LogP contribution in [-0.4, -0.2) is 28.8 Å². The molecule has 0 aliphatic heterocycles. The standard InChI is InChI=1S/C9H12N2O4S/c1-3-15-9(14)10-4-6-11-7(8(12)13)5(2)16-6/h3-4H2,1-2H3,(H,10,14)(H,12,13). The van der Waals surface area contributed by atoms with E-state index < -0.39 is 12.1 Å². The zero-order chi connectivity index (χ0) is 12.1. The Morgan fingerprint density at radius 2 is 2.25 bits per heavy atom. The molecule has 0 unspecified atom stereocenters. The molecule has 0 radical (unpaired) electrons. The molecule has 1 heterocycles. The Balaban J connectivity index is 2.58. The number of aryl methyl sites for hydroxylation is 1. The number of carbonyl (C=O) groups is 2. The van der Waals surface area contributed by atoms with E-state index in [1.54, 1.807) is 13.8 Å². The molecule has 1 rings (SSSR count). The average molecular weight is 244 g/mol. The SMILES string of the molecule is CCOC(=O)NCc1nc(C(=O)O)c(C)s1. The Kier molecular flexibility index (Phi) is 4.24. The Morgan fingerprint density at radius 1 is 1.56 bits per heavy atom. The Morgan fingerprint density at radius 3 is 2.75 bits per heavy atom. The van der Waals surface area contributed by atoms with Gasteiger partial charge in [0.05, 0.1) is 13.2 Å². The highest BCUT2D eigenvalue weighted by atomic mass is 32.1. The minimum atomic E-state index is -1.06. The van der Waals surface area contributed by atoms with Gasteiger partial charge in [-0.15, -0.1) is 11.3 Å². The van der Waals surface area contributed by atoms with Crippen LogP contribution < -0.4 is 5.32 Å². The molecule has 0 saturated heterocycles. The number of nitrogens with one attached hydrogen (secondary N) is 1. The quantitative estimate of drug-likeness (QED) is 0.835. The van der Waals surface area contributed by atoms with Crippen LogP contribution in [0.4, 0.5) is 4.79 Å². The van der Waals surface area contributed by atoms with Crippen LogP contribution in [0.5, 0.6) is 0 Å². The van der Waals surface area contributed by atoms with Crippen molar-refractivity contribution in [3.05, 3.63) is 15.6 Å². The first kappa shape index (κ1) is 12.4. The van der Waals surface area contributed by atoms with Crippen LogP contribution in [0.15, 0.2) is 0 Å². The minimum Gasteiger partial charge on any atom is -0.476 e. The van der Waals surface area contributed by atoms with Gasteiger partial charge in [-0.1, -0.05) is 0 Å². The second-order valence-electron chi connectivity index (χ2n) is 2.89. The van der Waals surface area contributed by atoms with Gasteiger partial charge in [0.2, 0.25) is 0 Å². The summed E-state index contributed by atoms with van der Waals surface area (Å²) in [5.74, 6) is -1.06. The fraction of sp³-hybridized carbons (Fsp3) is 0.444. The number of rotatable bonds is 4. The molecular weight excluding hydrogens is 232 g/mol. The lowest BCUT2D eigenvalue weighted by Gasteiger charge is -2.01. The van der Waals surface area contributed by atoms with Gasteiger partial charge in [-0.3, -0.25) is 0 Å². The summed E-state index contributed by atoms with van der Waals surface area (Å²) < 4.78 is 4.66. The number of thiazole rings is 1. The topological polar surface area (TPSA) is 88.5 Å². The summed E-state index contributed by atoms with van der Waals surface area (Å²) in [6, 6.07) is 0. The van der Waals surface area contributed by atoms with Gasteiger partial charge in [0, 0.05) is 4.88 Å². The van der Waals surface area contributed by atoms with Crippen LogP contribution in [-0.2, 0) is 11.3 Å². The molecule has 16 heavy (non-hydrogen) atoms. The van der Waals surface area contributed by atoms with E-state index in [9.17, 15) is 9.59 Å². The largest absolute Gasteiger partial charge is 0.476 e. The molecule has 1 aromatic rings. The van der Waals surface area contributed by atoms with Crippen LogP contribution in [0, 0.1) is 6.92 Å². The molecule has 7 heteroatoms. The molecule has 0 bridgehead atoms. The molecule has 0 spiro atoms. The number of carbonyl (C=O) groups excluding carboxylic acids is 1. The van der Waals surface area contributed by atoms with E-state index in [0.29, 0.717) is 16.5 Å². The number of aromatic nitrogens is 1. The highest BCUT2D eigenvalue weighted by Crippen LogP contribution is 2.17. The number of nitrogens with zero attached hydrogens (tertiary/aromatic N) is 1. The predicted octanol–water partition coefficient (Wildman–Crippen LogP) is 1.40. The van der Waals surface area contributed by atoms with Gasteiger partial charge in [-0.05, 0) is 13.8 Å². The summed E-state index contributed by atoms with van der Waals surface area (Å²) in [5, 5.41) is 11.8. The fourth-order valence-corrected chi connectivity index (χ4v) is 1.92. The average Bonchev–Trinajstić information content (AvgIpc) is 2.57. The summed E-state index contributed by atoms with van der Waals surface area (Å²) in [4.78, 5) is 26.2. The lowest BCUT2D eigenvalue weighted by molar-refractivity contribution is 0.0690. The normalized spacial score (nSPS) is 9.88. The third-order valence-electron chi connectivity index (χ3n) is 1.70. The number of carboxylic acid groups (broad SMARTS) is 1. The van der Waals surface area contributed by atoms with Crippen LogP contribution >= 0.6 is 11.3 Å². The first-order chi connectivity index (χ1) is 7.54. The van der Waals surface area contributed by atoms with Crippen molar-refractivity contribution in [3.63, 3.8) is 0 Å². The van der Waals surface area contributed by atoms with Crippen molar-refractivity contribution < 1.29 is 19.4 Å². The maximum atomic E-state index is 11.0. The summed E-state index contributed by atoms with van der Waals surface area (Å²) in [7, 11) is 0. The molecule has 0 fully saturated rings. The lowest BCUT2D eigenvalue weighted by atomic mass is 10.4. The van der Waals surface area contributed by atoms with Gasteiger partial charge in [-0.2, -0.15) is 0 Å². The van der Waals surface area contributed by atoms with E-state index >= 15 is 0 Å². The summed E-state index contributed by atoms with van der Waals surface area (Å²) in [5.41, 5.74) is 0.0330. The van der Waals surface area contributed by atoms with Crippen LogP contribution in [0.1, 0.15) is 27.3 Å². The smallest absolute Gasteiger partial charge is 0.407 e. The van der Waals surface area contributed by atoms with Crippen molar-refractivity contribution in [2.24, 2.45) is 0 Å². The van der Waals surface area contributed by atoms with Gasteiger partial charge in [0.25, 0.3) is 0 Å². The molecule has 88 valence electrons. The molecule has 1 aromatic heterocycles. The Labute approximate surface area is 96.3 Å². The maximum absolute atomic E-state index is 11.0. The second-order valence-corrected chi connectivity index (χ2v) is 4.18. The fourth-order valence-electron chi connectivity index (χ4n) is 1.06. The molecule has 0 aliphatic rings. The number of aromatic carboxylic acids is 1. The number of hydrogen-bond donors (Lipinski definition) is 2. The molecule has 0 saturated carbocycles. The van der Waals surface area contributed by atoms with Crippen molar-refractivity contribution in [2.45, 2.75) is 20.4 Å². The highest BCUT2D eigenvalue weighted by Gasteiger charge is 2.14. The van der Waals surface area contributed by atoms with E-state index in [4.69, 9.17) is 5.11 Å². The number of hydrogen-bond acceptors (Lipinski definition) is 5. The Hall–Kier alpha value is -1.63. The summed E-state index contributed by atoms with van der Waals surface area (Å²) in [6.45, 7) is 3.85. The van der Waals surface area contributed by atoms with Gasteiger partial charge in [0.15, 0.2) is 5.69 Å². The zero-order valence-corrected chi connectivity index (χ0v) is 9.76. The lowest BCUT2D eigenvalue weighted by Crippen LogP contribution is -2.23. The van der Waals surface area contributed by atoms with Crippen molar-refractivity contribution in [1.29, 1.82) is 0 Å². The van der Waals surface area contributed by atoms with Crippen LogP contribution in [0.25, 0.3) is 0 Å². The Bertz CT molecular complexity index is 402. The van der Waals surface area contributed by atoms with E-state index in [1.807, 2.05) is 0 Å². The van der Waals surface area contributed by atoms with Crippen molar-refractivity contribution in [1.82, 2.24) is 10.3 Å². The van der Waals surface area contributed by atoms with Gasteiger partial charge in [0.1, 0.15) is 5.01 Å². The highest BCUT2D eigenvalue weighted by molar-refractivity contribution is 7.11. The first-order valence-electron chi connectivity index (χ1n) is 4.64. The maximum Gasteiger partial charge on any atom is 0.407 e. The number of amides is 1. The summed E-state index contributed by atoms with van der Waals surface area (Å²) in [6.07, 6.45) is -0.535. The number of ether oxygens (including phenoxy) is 1. The van der Waals surface area contributed by atoms with Crippen LogP contribution in [0.3, 0.4) is 0 Å². The third kappa shape index (κ3) is 3.20. The van der Waals surface area contributed by atoms with E-state index in [2.05, 4.69) is 15.0 Å². The van der Waals surface area contributed by atoms with E-state index in [0.717, 1.165) is 0 Å². The molecule has 0 aliphatic carbocycles. The number of carboxylic acids is 1. The van der Waals surface area contributed by atoms with Crippen LogP contribution in [0.2, 0.25) is 0 Å². The molecule has 0 aromatic carbocycles. The van der Waals surface area contributed by atoms with Gasteiger partial charge >= 0.3 is 12.1 Å². The van der Waals surface area contributed by atoms with Crippen molar-refractivity contribution in [3.8, 4) is 0 Å². The van der Waals surface area contributed by atoms with Crippen molar-refractivity contribution >= 4 is 23.4 Å². The minimum absolute atomic E-state index is 0.0330. The van der Waals surface area contributed by atoms with E-state index in [1.165, 1.54) is 11.3 Å². The molecular formula is C9H12N2O4S. The first-order valence-corrected chi connectivity index (χ1v) is 5.46. The van der Waals surface area contributed by atoms with E-state index in [-0.39, 0.29) is 12.2 Å². The van der Waals surface area contributed by atoms with Gasteiger partial charge < -0.3 is 15.2 Å². The molecule has 0 atom stereocenters. The number of alkyl carbamates (subject to hydrolysis) is 1. The predicted molar refractivity (Wildman–Crippen MR) is 57.7 cm³/mol. The molecule has 6 nitrogen and oxygen atoms in total. The third-order valence-corrected chi connectivity index (χ3v) is 2.67. The van der Waals surface area contributed by atoms with Gasteiger partial charge in [-0.25, -0.2) is 14.6 Å². The second kappa shape index (κ2) is 5.45. The monoisotopic (exact) mass is 244 g/mol. The van der Waals surface area contributed by atoms with Crippen molar-refractivity contribution in [2.75, 3.05) is 6.61 Å².